The number of hydrogen-bond donors (Lipinski definition) is 1. The van der Waals surface area contributed by atoms with E-state index >= 15 is 0 Å². The summed E-state index contributed by atoms with van der Waals surface area (Å²) in [5.74, 6) is 1.85. The lowest BCUT2D eigenvalue weighted by atomic mass is 9.98. The van der Waals surface area contributed by atoms with Crippen molar-refractivity contribution in [2.75, 3.05) is 31.1 Å². The van der Waals surface area contributed by atoms with Crippen LogP contribution in [-0.2, 0) is 19.4 Å². The number of aromatic amines is 1. The van der Waals surface area contributed by atoms with Crippen molar-refractivity contribution in [3.05, 3.63) is 59.7 Å². The second-order valence-corrected chi connectivity index (χ2v) is 7.74. The molecule has 28 heavy (non-hydrogen) atoms. The predicted molar refractivity (Wildman–Crippen MR) is 110 cm³/mol. The molecule has 0 saturated carbocycles. The highest BCUT2D eigenvalue weighted by atomic mass is 15.3. The number of anilines is 1. The molecule has 0 amide bonds. The van der Waals surface area contributed by atoms with Gasteiger partial charge in [-0.25, -0.2) is 15.0 Å². The fourth-order valence-electron chi connectivity index (χ4n) is 4.15. The van der Waals surface area contributed by atoms with Crippen LogP contribution < -0.4 is 4.90 Å². The number of hydrogen-bond acceptors (Lipinski definition) is 5. The summed E-state index contributed by atoms with van der Waals surface area (Å²) in [4.78, 5) is 22.3. The van der Waals surface area contributed by atoms with Gasteiger partial charge in [0.1, 0.15) is 5.82 Å². The average molecular weight is 374 g/mol. The molecule has 6 nitrogen and oxygen atoms in total. The predicted octanol–water partition coefficient (Wildman–Crippen LogP) is 3.07. The molecule has 144 valence electrons. The van der Waals surface area contributed by atoms with Gasteiger partial charge in [-0.2, -0.15) is 0 Å². The average Bonchev–Trinajstić information content (AvgIpc) is 3.23. The van der Waals surface area contributed by atoms with E-state index in [0.29, 0.717) is 0 Å². The molecule has 3 aromatic rings. The van der Waals surface area contributed by atoms with Crippen LogP contribution in [0.3, 0.4) is 0 Å². The Bertz CT molecular complexity index is 927. The van der Waals surface area contributed by atoms with Crippen LogP contribution in [0.15, 0.2) is 42.7 Å². The molecule has 0 spiro atoms. The summed E-state index contributed by atoms with van der Waals surface area (Å²) < 4.78 is 0. The van der Waals surface area contributed by atoms with Crippen LogP contribution in [0.25, 0.3) is 11.4 Å². The van der Waals surface area contributed by atoms with E-state index in [4.69, 9.17) is 4.98 Å². The van der Waals surface area contributed by atoms with Crippen molar-refractivity contribution in [3.8, 4) is 11.4 Å². The van der Waals surface area contributed by atoms with Gasteiger partial charge >= 0.3 is 0 Å². The number of nitrogens with one attached hydrogen (secondary N) is 1. The van der Waals surface area contributed by atoms with E-state index < -0.39 is 0 Å². The van der Waals surface area contributed by atoms with Crippen LogP contribution in [0.1, 0.15) is 29.8 Å². The van der Waals surface area contributed by atoms with Gasteiger partial charge in [0.05, 0.1) is 0 Å². The van der Waals surface area contributed by atoms with Gasteiger partial charge in [-0.05, 0) is 31.2 Å². The molecule has 6 heteroatoms. The summed E-state index contributed by atoms with van der Waals surface area (Å²) in [5, 5.41) is 0. The Hall–Kier alpha value is -2.73. The van der Waals surface area contributed by atoms with Crippen molar-refractivity contribution in [1.29, 1.82) is 0 Å². The molecule has 2 aromatic heterocycles. The van der Waals surface area contributed by atoms with Gasteiger partial charge in [0, 0.05) is 62.1 Å². The second-order valence-electron chi connectivity index (χ2n) is 7.74. The number of H-pyrrole nitrogens is 1. The Kier molecular flexibility index (Phi) is 4.79. The van der Waals surface area contributed by atoms with Crippen LogP contribution in [0.2, 0.25) is 0 Å². The topological polar surface area (TPSA) is 60.9 Å². The Labute approximate surface area is 165 Å². The smallest absolute Gasteiger partial charge is 0.225 e. The van der Waals surface area contributed by atoms with Crippen LogP contribution in [-0.4, -0.2) is 51.0 Å². The van der Waals surface area contributed by atoms with Gasteiger partial charge in [0.25, 0.3) is 0 Å². The van der Waals surface area contributed by atoms with Crippen LogP contribution in [0, 0.1) is 0 Å². The van der Waals surface area contributed by atoms with E-state index in [0.717, 1.165) is 68.6 Å². The zero-order valence-corrected chi connectivity index (χ0v) is 16.1. The van der Waals surface area contributed by atoms with Crippen molar-refractivity contribution >= 4 is 5.95 Å². The molecular formula is C22H26N6. The molecular weight excluding hydrogens is 348 g/mol. The van der Waals surface area contributed by atoms with Crippen molar-refractivity contribution in [2.24, 2.45) is 0 Å². The minimum atomic E-state index is 0.902. The van der Waals surface area contributed by atoms with Gasteiger partial charge in [-0.3, -0.25) is 4.90 Å². The highest BCUT2D eigenvalue weighted by molar-refractivity contribution is 5.54. The first-order valence-corrected chi connectivity index (χ1v) is 10.3. The molecule has 3 heterocycles. The van der Waals surface area contributed by atoms with Crippen LogP contribution in [0.4, 0.5) is 5.95 Å². The quantitative estimate of drug-likeness (QED) is 0.760. The van der Waals surface area contributed by atoms with E-state index in [-0.39, 0.29) is 0 Å². The van der Waals surface area contributed by atoms with Crippen molar-refractivity contribution in [2.45, 2.75) is 32.2 Å². The Balaban J connectivity index is 1.19. The minimum Gasteiger partial charge on any atom is -0.341 e. The number of imidazole rings is 1. The summed E-state index contributed by atoms with van der Waals surface area (Å²) in [6.45, 7) is 4.87. The Morgan fingerprint density at radius 2 is 1.71 bits per heavy atom. The first-order chi connectivity index (χ1) is 13.8. The number of benzene rings is 1. The van der Waals surface area contributed by atoms with Crippen molar-refractivity contribution < 1.29 is 0 Å². The van der Waals surface area contributed by atoms with Gasteiger partial charge in [0.15, 0.2) is 0 Å². The molecule has 1 aliphatic carbocycles. The normalized spacial score (nSPS) is 17.5. The maximum Gasteiger partial charge on any atom is 0.225 e. The summed E-state index contributed by atoms with van der Waals surface area (Å²) in [7, 11) is 0. The number of piperazine rings is 1. The maximum atomic E-state index is 4.86. The van der Waals surface area contributed by atoms with Crippen LogP contribution in [0.5, 0.6) is 0 Å². The van der Waals surface area contributed by atoms with Crippen molar-refractivity contribution in [3.63, 3.8) is 0 Å². The molecule has 0 atom stereocenters. The third-order valence-corrected chi connectivity index (χ3v) is 5.78. The fraction of sp³-hybridized carbons (Fsp3) is 0.409. The number of nitrogens with zero attached hydrogens (tertiary/aromatic N) is 5. The van der Waals surface area contributed by atoms with Gasteiger partial charge in [-0.15, -0.1) is 0 Å². The summed E-state index contributed by atoms with van der Waals surface area (Å²) in [6.07, 6.45) is 8.79. The number of fused-ring (bicyclic) bond motifs is 1. The summed E-state index contributed by atoms with van der Waals surface area (Å²) >= 11 is 0. The van der Waals surface area contributed by atoms with E-state index in [1.54, 1.807) is 0 Å². The van der Waals surface area contributed by atoms with E-state index in [9.17, 15) is 0 Å². The highest BCUT2D eigenvalue weighted by Crippen LogP contribution is 2.22. The molecule has 0 radical (unpaired) electrons. The molecule has 2 aliphatic rings. The number of rotatable bonds is 4. The Morgan fingerprint density at radius 1 is 0.893 bits per heavy atom. The van der Waals surface area contributed by atoms with Crippen molar-refractivity contribution in [1.82, 2.24) is 24.8 Å². The van der Waals surface area contributed by atoms with E-state index in [1.807, 2.05) is 24.4 Å². The largest absolute Gasteiger partial charge is 0.341 e. The first kappa shape index (κ1) is 17.4. The maximum absolute atomic E-state index is 4.86. The van der Waals surface area contributed by atoms with E-state index in [1.165, 1.54) is 24.1 Å². The lowest BCUT2D eigenvalue weighted by Gasteiger charge is -2.34. The van der Waals surface area contributed by atoms with Crippen LogP contribution >= 0.6 is 0 Å². The van der Waals surface area contributed by atoms with Gasteiger partial charge in [0.2, 0.25) is 5.95 Å². The van der Waals surface area contributed by atoms with Gasteiger partial charge < -0.3 is 9.88 Å². The second kappa shape index (κ2) is 7.72. The third kappa shape index (κ3) is 3.64. The van der Waals surface area contributed by atoms with E-state index in [2.05, 4.69) is 43.1 Å². The fourth-order valence-corrected chi connectivity index (χ4v) is 4.15. The molecule has 1 aliphatic heterocycles. The molecule has 1 saturated heterocycles. The SMILES string of the molecule is c1ccc(-c2ncc(CN3CCN(c4ncc5c(n4)CCCC5)CC3)[nH]2)cc1. The first-order valence-electron chi connectivity index (χ1n) is 10.3. The standard InChI is InChI=1S/C22H26N6/c1-2-6-17(7-3-1)21-23-15-19(25-21)16-27-10-12-28(13-11-27)22-24-14-18-8-4-5-9-20(18)26-22/h1-3,6-7,14-15H,4-5,8-13,16H2,(H,23,25). The third-order valence-electron chi connectivity index (χ3n) is 5.78. The van der Waals surface area contributed by atoms with Gasteiger partial charge in [-0.1, -0.05) is 30.3 Å². The summed E-state index contributed by atoms with van der Waals surface area (Å²) in [6, 6.07) is 10.3. The molecule has 0 unspecified atom stereocenters. The zero-order chi connectivity index (χ0) is 18.8. The monoisotopic (exact) mass is 374 g/mol. The highest BCUT2D eigenvalue weighted by Gasteiger charge is 2.21. The molecule has 1 fully saturated rings. The lowest BCUT2D eigenvalue weighted by molar-refractivity contribution is 0.246. The lowest BCUT2D eigenvalue weighted by Crippen LogP contribution is -2.46. The molecule has 1 aromatic carbocycles. The molecule has 5 rings (SSSR count). The Morgan fingerprint density at radius 3 is 2.57 bits per heavy atom. The molecule has 0 bridgehead atoms. The number of aryl methyl sites for hydroxylation is 2. The summed E-state index contributed by atoms with van der Waals surface area (Å²) in [5.41, 5.74) is 4.91. The minimum absolute atomic E-state index is 0.902. The molecule has 1 N–H and O–H groups in total. The number of aromatic nitrogens is 4. The zero-order valence-electron chi connectivity index (χ0n) is 16.1.